The maximum absolute atomic E-state index is 11.4. The monoisotopic (exact) mass is 270 g/mol. The quantitative estimate of drug-likeness (QED) is 0.245. The van der Waals surface area contributed by atoms with Crippen LogP contribution in [0, 0.1) is 0 Å². The second kappa shape index (κ2) is 7.65. The van der Waals surface area contributed by atoms with Gasteiger partial charge in [0.2, 0.25) is 0 Å². The van der Waals surface area contributed by atoms with E-state index in [0.717, 1.165) is 31.4 Å². The summed E-state index contributed by atoms with van der Waals surface area (Å²) in [5.74, 6) is 0.762. The van der Waals surface area contributed by atoms with Crippen molar-refractivity contribution in [3.63, 3.8) is 0 Å². The number of alkyl halides is 1. The van der Waals surface area contributed by atoms with Crippen LogP contribution in [0.5, 0.6) is 0 Å². The van der Waals surface area contributed by atoms with Crippen molar-refractivity contribution >= 4 is 38.6 Å². The molecule has 1 heterocycles. The molecule has 0 aliphatic carbocycles. The molecular weight excluding hydrogens is 256 g/mol. The zero-order valence-electron chi connectivity index (χ0n) is 8.45. The average Bonchev–Trinajstić information content (AvgIpc) is 2.60. The Labute approximate surface area is 102 Å². The Balaban J connectivity index is 1.99. The lowest BCUT2D eigenvalue weighted by atomic mass is 10.1. The standard InChI is InChI=1S/C9H15ClO3S2/c10-7-13-9(11)4-2-1-3-8-5-6-14-15(8)12/h8H,1-7H2/t8-,15?/m1/s1. The first-order valence-corrected chi connectivity index (χ1v) is 8.24. The van der Waals surface area contributed by atoms with Crippen LogP contribution in [-0.2, 0) is 19.7 Å². The van der Waals surface area contributed by atoms with E-state index < -0.39 is 10.2 Å². The van der Waals surface area contributed by atoms with Gasteiger partial charge in [0.1, 0.15) is 5.25 Å². The van der Waals surface area contributed by atoms with E-state index in [9.17, 15) is 9.35 Å². The van der Waals surface area contributed by atoms with Gasteiger partial charge in [-0.3, -0.25) is 4.79 Å². The van der Waals surface area contributed by atoms with Crippen LogP contribution in [0.15, 0.2) is 0 Å². The second-order valence-corrected chi connectivity index (χ2v) is 7.11. The first-order valence-electron chi connectivity index (χ1n) is 4.99. The summed E-state index contributed by atoms with van der Waals surface area (Å²) in [5, 5.41) is 0.332. The minimum atomic E-state index is -0.699. The van der Waals surface area contributed by atoms with Crippen molar-refractivity contribution in [2.75, 3.05) is 11.8 Å². The third-order valence-electron chi connectivity index (χ3n) is 2.28. The molecule has 0 amide bonds. The van der Waals surface area contributed by atoms with E-state index in [1.807, 2.05) is 0 Å². The largest absolute Gasteiger partial charge is 0.605 e. The predicted octanol–water partition coefficient (Wildman–Crippen LogP) is 2.46. The molecule has 0 aromatic heterocycles. The molecule has 15 heavy (non-hydrogen) atoms. The van der Waals surface area contributed by atoms with Crippen molar-refractivity contribution in [2.45, 2.75) is 37.4 Å². The van der Waals surface area contributed by atoms with Gasteiger partial charge in [0, 0.05) is 28.8 Å². The summed E-state index contributed by atoms with van der Waals surface area (Å²) in [6.07, 6.45) is 4.15. The summed E-state index contributed by atoms with van der Waals surface area (Å²) in [7, 11) is 0.842. The molecule has 1 aliphatic heterocycles. The van der Waals surface area contributed by atoms with Gasteiger partial charge in [-0.05, 0) is 19.3 Å². The number of carbonyl (C=O) groups excluding carboxylic acids is 1. The van der Waals surface area contributed by atoms with Gasteiger partial charge in [0.15, 0.2) is 6.07 Å². The highest BCUT2D eigenvalue weighted by Gasteiger charge is 2.30. The van der Waals surface area contributed by atoms with Crippen molar-refractivity contribution in [2.24, 2.45) is 0 Å². The molecule has 1 fully saturated rings. The number of hydrogen-bond acceptors (Lipinski definition) is 4. The van der Waals surface area contributed by atoms with Crippen LogP contribution in [0.1, 0.15) is 32.1 Å². The first kappa shape index (κ1) is 13.5. The highest BCUT2D eigenvalue weighted by molar-refractivity contribution is 8.72. The van der Waals surface area contributed by atoms with Crippen molar-refractivity contribution < 1.29 is 14.1 Å². The maximum Gasteiger partial charge on any atom is 0.306 e. The minimum Gasteiger partial charge on any atom is -0.605 e. The Hall–Kier alpha value is 0.420. The molecule has 0 saturated carbocycles. The van der Waals surface area contributed by atoms with Crippen molar-refractivity contribution in [3.8, 4) is 0 Å². The molecule has 1 rings (SSSR count). The number of esters is 1. The fourth-order valence-corrected chi connectivity index (χ4v) is 5.08. The number of ether oxygens (including phenoxy) is 1. The van der Waals surface area contributed by atoms with Crippen LogP contribution in [0.25, 0.3) is 0 Å². The molecule has 88 valence electrons. The van der Waals surface area contributed by atoms with E-state index in [0.29, 0.717) is 11.7 Å². The maximum atomic E-state index is 11.4. The van der Waals surface area contributed by atoms with E-state index in [4.69, 9.17) is 11.6 Å². The molecule has 2 atom stereocenters. The van der Waals surface area contributed by atoms with Crippen LogP contribution in [-0.4, -0.2) is 27.6 Å². The zero-order chi connectivity index (χ0) is 11.1. The summed E-state index contributed by atoms with van der Waals surface area (Å²) in [4.78, 5) is 10.9. The summed E-state index contributed by atoms with van der Waals surface area (Å²) in [6, 6.07) is -0.0673. The number of hydrogen-bond donors (Lipinski definition) is 0. The smallest absolute Gasteiger partial charge is 0.306 e. The van der Waals surface area contributed by atoms with Crippen LogP contribution < -0.4 is 0 Å². The average molecular weight is 271 g/mol. The van der Waals surface area contributed by atoms with Gasteiger partial charge in [-0.2, -0.15) is 0 Å². The van der Waals surface area contributed by atoms with Crippen LogP contribution >= 0.6 is 22.4 Å². The lowest BCUT2D eigenvalue weighted by Gasteiger charge is -2.10. The summed E-state index contributed by atoms with van der Waals surface area (Å²) in [6.45, 7) is 0. The third kappa shape index (κ3) is 5.33. The molecule has 1 unspecified atom stereocenters. The Morgan fingerprint density at radius 1 is 1.60 bits per heavy atom. The van der Waals surface area contributed by atoms with Gasteiger partial charge in [-0.15, -0.1) is 0 Å². The molecule has 6 heteroatoms. The number of unbranched alkanes of at least 4 members (excludes halogenated alkanes) is 1. The predicted molar refractivity (Wildman–Crippen MR) is 64.3 cm³/mol. The summed E-state index contributed by atoms with van der Waals surface area (Å²) in [5.41, 5.74) is 0. The van der Waals surface area contributed by atoms with Crippen LogP contribution in [0.3, 0.4) is 0 Å². The normalized spacial score (nSPS) is 25.5. The van der Waals surface area contributed by atoms with Gasteiger partial charge in [0.25, 0.3) is 0 Å². The molecule has 1 aliphatic rings. The fourth-order valence-electron chi connectivity index (χ4n) is 1.47. The molecule has 0 spiro atoms. The lowest BCUT2D eigenvalue weighted by Crippen LogP contribution is -2.12. The molecule has 0 radical (unpaired) electrons. The minimum absolute atomic E-state index is 0.0673. The number of carbonyl (C=O) groups is 1. The van der Waals surface area contributed by atoms with E-state index >= 15 is 0 Å². The van der Waals surface area contributed by atoms with E-state index in [-0.39, 0.29) is 12.0 Å². The van der Waals surface area contributed by atoms with Gasteiger partial charge in [-0.1, -0.05) is 11.6 Å². The van der Waals surface area contributed by atoms with Gasteiger partial charge >= 0.3 is 5.97 Å². The van der Waals surface area contributed by atoms with Gasteiger partial charge < -0.3 is 9.29 Å². The topological polar surface area (TPSA) is 49.4 Å². The van der Waals surface area contributed by atoms with E-state index in [1.165, 1.54) is 0 Å². The van der Waals surface area contributed by atoms with Gasteiger partial charge in [0.05, 0.1) is 10.8 Å². The van der Waals surface area contributed by atoms with Gasteiger partial charge in [-0.25, -0.2) is 0 Å². The van der Waals surface area contributed by atoms with Crippen LogP contribution in [0.4, 0.5) is 0 Å². The number of rotatable bonds is 6. The third-order valence-corrected chi connectivity index (χ3v) is 6.06. The van der Waals surface area contributed by atoms with E-state index in [2.05, 4.69) is 4.74 Å². The molecule has 0 aromatic carbocycles. The van der Waals surface area contributed by atoms with Crippen molar-refractivity contribution in [1.29, 1.82) is 0 Å². The Morgan fingerprint density at radius 2 is 2.40 bits per heavy atom. The fraction of sp³-hybridized carbons (Fsp3) is 0.889. The second-order valence-electron chi connectivity index (χ2n) is 3.36. The van der Waals surface area contributed by atoms with Crippen LogP contribution in [0.2, 0.25) is 0 Å². The summed E-state index contributed by atoms with van der Waals surface area (Å²) < 4.78 is 16.0. The Kier molecular flexibility index (Phi) is 6.88. The number of halogens is 1. The Morgan fingerprint density at radius 3 is 3.00 bits per heavy atom. The molecule has 3 nitrogen and oxygen atoms in total. The highest BCUT2D eigenvalue weighted by Crippen LogP contribution is 2.33. The van der Waals surface area contributed by atoms with Crippen molar-refractivity contribution in [3.05, 3.63) is 0 Å². The molecular formula is C9H15ClO3S2. The summed E-state index contributed by atoms with van der Waals surface area (Å²) >= 11 is 5.25. The highest BCUT2D eigenvalue weighted by atomic mass is 35.5. The lowest BCUT2D eigenvalue weighted by molar-refractivity contribution is -0.141. The molecule has 1 saturated heterocycles. The molecule has 0 N–H and O–H groups in total. The van der Waals surface area contributed by atoms with E-state index in [1.54, 1.807) is 10.8 Å². The first-order chi connectivity index (χ1) is 7.24. The Bertz CT molecular complexity index is 204. The molecule has 0 aromatic rings. The SMILES string of the molecule is O=C(CCCC[C@@H]1CCS[S+]1[O-])OCCl. The van der Waals surface area contributed by atoms with Crippen molar-refractivity contribution in [1.82, 2.24) is 0 Å². The zero-order valence-corrected chi connectivity index (χ0v) is 10.8. The molecule has 0 bridgehead atoms.